The molecule has 0 bridgehead atoms. The standard InChI is InChI=1S/C21H37N5O2.HI/c1-7-23-19(25-14-17(2)3)24-12-9-13-26(20(27)28-21(4,5)6)16-18-10-8-11-22-15-18;/h8,10-11,15,17H,7,9,12-14,16H2,1-6H3,(H2,23,24,25);1H. The van der Waals surface area contributed by atoms with Crippen LogP contribution >= 0.6 is 24.0 Å². The first-order valence-corrected chi connectivity index (χ1v) is 10.1. The van der Waals surface area contributed by atoms with Crippen LogP contribution in [0.25, 0.3) is 0 Å². The summed E-state index contributed by atoms with van der Waals surface area (Å²) < 4.78 is 5.56. The zero-order valence-corrected chi connectivity index (χ0v) is 21.0. The van der Waals surface area contributed by atoms with Crippen LogP contribution in [-0.4, -0.2) is 53.7 Å². The second kappa shape index (κ2) is 14.4. The fourth-order valence-corrected chi connectivity index (χ4v) is 2.37. The first-order chi connectivity index (χ1) is 13.2. The van der Waals surface area contributed by atoms with Crippen LogP contribution in [0.3, 0.4) is 0 Å². The van der Waals surface area contributed by atoms with Crippen LogP contribution in [0.1, 0.15) is 53.5 Å². The highest BCUT2D eigenvalue weighted by Crippen LogP contribution is 2.12. The molecular weight excluding hydrogens is 481 g/mol. The van der Waals surface area contributed by atoms with E-state index in [1.54, 1.807) is 17.3 Å². The zero-order chi connectivity index (χ0) is 21.0. The lowest BCUT2D eigenvalue weighted by molar-refractivity contribution is 0.0232. The van der Waals surface area contributed by atoms with Crippen LogP contribution in [0.5, 0.6) is 0 Å². The van der Waals surface area contributed by atoms with Crippen LogP contribution in [0.15, 0.2) is 29.5 Å². The van der Waals surface area contributed by atoms with Gasteiger partial charge in [0.05, 0.1) is 6.54 Å². The Labute approximate surface area is 193 Å². The number of carbonyl (C=O) groups is 1. The predicted octanol–water partition coefficient (Wildman–Crippen LogP) is 4.04. The lowest BCUT2D eigenvalue weighted by Gasteiger charge is -2.27. The van der Waals surface area contributed by atoms with Gasteiger partial charge in [-0.05, 0) is 51.7 Å². The van der Waals surface area contributed by atoms with Gasteiger partial charge in [0, 0.05) is 38.6 Å². The van der Waals surface area contributed by atoms with Crippen molar-refractivity contribution >= 4 is 36.0 Å². The van der Waals surface area contributed by atoms with E-state index < -0.39 is 5.60 Å². The van der Waals surface area contributed by atoms with Gasteiger partial charge in [0.25, 0.3) is 0 Å². The van der Waals surface area contributed by atoms with Crippen molar-refractivity contribution in [1.29, 1.82) is 0 Å². The van der Waals surface area contributed by atoms with E-state index in [0.717, 1.165) is 37.6 Å². The maximum absolute atomic E-state index is 12.6. The maximum atomic E-state index is 12.6. The second-order valence-corrected chi connectivity index (χ2v) is 8.16. The Balaban J connectivity index is 0.00000784. The summed E-state index contributed by atoms with van der Waals surface area (Å²) >= 11 is 0. The van der Waals surface area contributed by atoms with Crippen LogP contribution < -0.4 is 10.6 Å². The third-order valence-electron chi connectivity index (χ3n) is 3.60. The molecule has 0 fully saturated rings. The fraction of sp³-hybridized carbons (Fsp3) is 0.667. The average molecular weight is 519 g/mol. The first-order valence-electron chi connectivity index (χ1n) is 10.1. The number of nitrogens with one attached hydrogen (secondary N) is 2. The number of carbonyl (C=O) groups excluding carboxylic acids is 1. The van der Waals surface area contributed by atoms with Crippen molar-refractivity contribution in [3.05, 3.63) is 30.1 Å². The van der Waals surface area contributed by atoms with Crippen LogP contribution in [0, 0.1) is 5.92 Å². The molecule has 1 amide bonds. The summed E-state index contributed by atoms with van der Waals surface area (Å²) in [5.41, 5.74) is 0.456. The molecule has 0 aliphatic heterocycles. The van der Waals surface area contributed by atoms with E-state index in [2.05, 4.69) is 34.5 Å². The van der Waals surface area contributed by atoms with E-state index in [1.165, 1.54) is 0 Å². The number of nitrogens with zero attached hydrogens (tertiary/aromatic N) is 3. The SMILES string of the molecule is CCNC(=NCC(C)C)NCCCN(Cc1cccnc1)C(=O)OC(C)(C)C.I. The molecule has 8 heteroatoms. The topological polar surface area (TPSA) is 78.9 Å². The molecule has 1 heterocycles. The number of guanidine groups is 1. The minimum atomic E-state index is -0.524. The van der Waals surface area contributed by atoms with Crippen molar-refractivity contribution < 1.29 is 9.53 Å². The molecule has 1 aromatic heterocycles. The quantitative estimate of drug-likeness (QED) is 0.223. The van der Waals surface area contributed by atoms with E-state index >= 15 is 0 Å². The summed E-state index contributed by atoms with van der Waals surface area (Å²) in [5.74, 6) is 1.32. The van der Waals surface area contributed by atoms with Crippen LogP contribution in [0.4, 0.5) is 4.79 Å². The molecule has 0 aromatic carbocycles. The summed E-state index contributed by atoms with van der Waals surface area (Å²) in [5, 5.41) is 6.58. The Morgan fingerprint density at radius 1 is 1.31 bits per heavy atom. The largest absolute Gasteiger partial charge is 0.444 e. The van der Waals surface area contributed by atoms with Gasteiger partial charge in [0.2, 0.25) is 0 Å². The smallest absolute Gasteiger partial charge is 0.410 e. The summed E-state index contributed by atoms with van der Waals surface area (Å²) in [7, 11) is 0. The molecule has 0 atom stereocenters. The van der Waals surface area contributed by atoms with Crippen molar-refractivity contribution in [2.75, 3.05) is 26.2 Å². The molecule has 0 unspecified atom stereocenters. The van der Waals surface area contributed by atoms with Gasteiger partial charge in [-0.1, -0.05) is 19.9 Å². The Morgan fingerprint density at radius 3 is 2.59 bits per heavy atom. The van der Waals surface area contributed by atoms with E-state index in [9.17, 15) is 4.79 Å². The third kappa shape index (κ3) is 13.3. The highest BCUT2D eigenvalue weighted by Gasteiger charge is 2.22. The summed E-state index contributed by atoms with van der Waals surface area (Å²) in [4.78, 5) is 23.0. The lowest BCUT2D eigenvalue weighted by Crippen LogP contribution is -2.40. The molecule has 2 N–H and O–H groups in total. The van der Waals surface area contributed by atoms with Gasteiger partial charge in [-0.3, -0.25) is 9.98 Å². The monoisotopic (exact) mass is 519 g/mol. The van der Waals surface area contributed by atoms with Gasteiger partial charge >= 0.3 is 6.09 Å². The number of ether oxygens (including phenoxy) is 1. The van der Waals surface area contributed by atoms with E-state index in [0.29, 0.717) is 19.0 Å². The number of rotatable bonds is 9. The minimum Gasteiger partial charge on any atom is -0.444 e. The van der Waals surface area contributed by atoms with E-state index in [4.69, 9.17) is 4.74 Å². The Bertz CT molecular complexity index is 603. The number of aromatic nitrogens is 1. The van der Waals surface area contributed by atoms with E-state index in [-0.39, 0.29) is 30.1 Å². The number of hydrogen-bond donors (Lipinski definition) is 2. The normalized spacial score (nSPS) is 11.6. The molecule has 166 valence electrons. The Hall–Kier alpha value is -1.58. The van der Waals surface area contributed by atoms with Crippen molar-refractivity contribution in [1.82, 2.24) is 20.5 Å². The van der Waals surface area contributed by atoms with Gasteiger partial charge in [0.15, 0.2) is 5.96 Å². The molecule has 0 spiro atoms. The molecule has 1 rings (SSSR count). The molecule has 29 heavy (non-hydrogen) atoms. The van der Waals surface area contributed by atoms with Crippen molar-refractivity contribution in [3.8, 4) is 0 Å². The van der Waals surface area contributed by atoms with Crippen LogP contribution in [0.2, 0.25) is 0 Å². The summed E-state index contributed by atoms with van der Waals surface area (Å²) in [6.07, 6.45) is 3.98. The number of halogens is 1. The third-order valence-corrected chi connectivity index (χ3v) is 3.60. The number of amides is 1. The average Bonchev–Trinajstić information content (AvgIpc) is 2.61. The minimum absolute atomic E-state index is 0. The second-order valence-electron chi connectivity index (χ2n) is 8.16. The molecular formula is C21H38IN5O2. The lowest BCUT2D eigenvalue weighted by atomic mass is 10.2. The molecule has 0 radical (unpaired) electrons. The van der Waals surface area contributed by atoms with Gasteiger partial charge in [-0.15, -0.1) is 24.0 Å². The number of pyridine rings is 1. The number of aliphatic imine (C=N–C) groups is 1. The highest BCUT2D eigenvalue weighted by atomic mass is 127. The molecule has 7 nitrogen and oxygen atoms in total. The fourth-order valence-electron chi connectivity index (χ4n) is 2.37. The molecule has 0 saturated heterocycles. The highest BCUT2D eigenvalue weighted by molar-refractivity contribution is 14.0. The molecule has 0 aliphatic carbocycles. The predicted molar refractivity (Wildman–Crippen MR) is 130 cm³/mol. The van der Waals surface area contributed by atoms with E-state index in [1.807, 2.05) is 39.8 Å². The number of hydrogen-bond acceptors (Lipinski definition) is 4. The maximum Gasteiger partial charge on any atom is 0.410 e. The van der Waals surface area contributed by atoms with Crippen LogP contribution in [-0.2, 0) is 11.3 Å². The van der Waals surface area contributed by atoms with Gasteiger partial charge in [-0.2, -0.15) is 0 Å². The molecule has 0 saturated carbocycles. The van der Waals surface area contributed by atoms with Crippen molar-refractivity contribution in [3.63, 3.8) is 0 Å². The Morgan fingerprint density at radius 2 is 2.03 bits per heavy atom. The molecule has 1 aromatic rings. The Kier molecular flexibility index (Phi) is 13.6. The first kappa shape index (κ1) is 27.4. The molecule has 0 aliphatic rings. The van der Waals surface area contributed by atoms with Crippen molar-refractivity contribution in [2.45, 2.75) is 60.1 Å². The van der Waals surface area contributed by atoms with Gasteiger partial charge < -0.3 is 20.3 Å². The zero-order valence-electron chi connectivity index (χ0n) is 18.7. The van der Waals surface area contributed by atoms with Gasteiger partial charge in [0.1, 0.15) is 5.60 Å². The summed E-state index contributed by atoms with van der Waals surface area (Å²) in [6.45, 7) is 15.3. The summed E-state index contributed by atoms with van der Waals surface area (Å²) in [6, 6.07) is 3.84. The van der Waals surface area contributed by atoms with Crippen molar-refractivity contribution in [2.24, 2.45) is 10.9 Å². The van der Waals surface area contributed by atoms with Gasteiger partial charge in [-0.25, -0.2) is 4.79 Å².